The van der Waals surface area contributed by atoms with Crippen LogP contribution in [0.4, 0.5) is 0 Å². The van der Waals surface area contributed by atoms with Crippen molar-refractivity contribution >= 4 is 11.0 Å². The molecule has 2 heterocycles. The molecule has 0 atom stereocenters. The highest BCUT2D eigenvalue weighted by Crippen LogP contribution is 2.40. The Hall–Kier alpha value is -3.07. The molecule has 0 saturated heterocycles. The highest BCUT2D eigenvalue weighted by molar-refractivity contribution is 5.82. The van der Waals surface area contributed by atoms with Crippen molar-refractivity contribution in [3.05, 3.63) is 78.1 Å². The predicted molar refractivity (Wildman–Crippen MR) is 117 cm³/mol. The second-order valence-corrected chi connectivity index (χ2v) is 9.14. The van der Waals surface area contributed by atoms with Gasteiger partial charge in [0.05, 0.1) is 11.2 Å². The Labute approximate surface area is 172 Å². The minimum Gasteiger partial charge on any atom is -0.465 e. The third-order valence-electron chi connectivity index (χ3n) is 5.73. The Bertz CT molecular complexity index is 1220. The van der Waals surface area contributed by atoms with Crippen LogP contribution in [0.25, 0.3) is 22.4 Å². The normalized spacial score (nSPS) is 12.9. The first-order valence-corrected chi connectivity index (χ1v) is 10.3. The average Bonchev–Trinajstić information content (AvgIpc) is 3.08. The molecular formula is C26H26N2O. The number of hydrogen-bond donors (Lipinski definition) is 0. The highest BCUT2D eigenvalue weighted by atomic mass is 16.5. The summed E-state index contributed by atoms with van der Waals surface area (Å²) in [6.45, 7) is 11.1. The van der Waals surface area contributed by atoms with Gasteiger partial charge in [-0.25, -0.2) is 0 Å². The van der Waals surface area contributed by atoms with Crippen molar-refractivity contribution in [1.29, 1.82) is 0 Å². The minimum atomic E-state index is 0.136. The summed E-state index contributed by atoms with van der Waals surface area (Å²) in [5, 5.41) is 0. The van der Waals surface area contributed by atoms with Gasteiger partial charge in [0.2, 0.25) is 0 Å². The number of benzene rings is 3. The van der Waals surface area contributed by atoms with Gasteiger partial charge in [0.25, 0.3) is 6.33 Å². The number of para-hydroxylation sites is 2. The number of rotatable bonds is 2. The molecule has 0 saturated carbocycles. The molecule has 3 nitrogen and oxygen atoms in total. The summed E-state index contributed by atoms with van der Waals surface area (Å²) < 4.78 is 10.7. The summed E-state index contributed by atoms with van der Waals surface area (Å²) in [4.78, 5) is 0. The summed E-state index contributed by atoms with van der Waals surface area (Å²) in [6.07, 6.45) is 3.58. The van der Waals surface area contributed by atoms with Gasteiger partial charge in [-0.15, -0.1) is 0 Å². The quantitative estimate of drug-likeness (QED) is 0.261. The Morgan fingerprint density at radius 3 is 2.34 bits per heavy atom. The lowest BCUT2D eigenvalue weighted by atomic mass is 9.87. The molecule has 1 aliphatic heterocycles. The fraction of sp³-hybridized carbons (Fsp3) is 0.269. The molecule has 4 aromatic rings. The first-order valence-electron chi connectivity index (χ1n) is 10.3. The van der Waals surface area contributed by atoms with Crippen molar-refractivity contribution in [1.82, 2.24) is 4.57 Å². The van der Waals surface area contributed by atoms with Crippen LogP contribution >= 0.6 is 0 Å². The van der Waals surface area contributed by atoms with Crippen LogP contribution in [0, 0.1) is 6.33 Å². The number of nitrogens with zero attached hydrogens (tertiary/aromatic N) is 2. The molecule has 0 fully saturated rings. The molecule has 146 valence electrons. The molecule has 3 heteroatoms. The Balaban J connectivity index is 1.73. The van der Waals surface area contributed by atoms with Crippen LogP contribution in [0.1, 0.15) is 51.7 Å². The molecule has 5 rings (SSSR count). The van der Waals surface area contributed by atoms with Crippen molar-refractivity contribution in [3.63, 3.8) is 0 Å². The van der Waals surface area contributed by atoms with Crippen molar-refractivity contribution in [3.8, 4) is 22.9 Å². The van der Waals surface area contributed by atoms with E-state index >= 15 is 0 Å². The number of ether oxygens (including phenoxy) is 1. The molecule has 0 unspecified atom stereocenters. The van der Waals surface area contributed by atoms with Gasteiger partial charge in [-0.2, -0.15) is 0 Å². The molecule has 3 aromatic carbocycles. The molecular weight excluding hydrogens is 356 g/mol. The fourth-order valence-corrected chi connectivity index (χ4v) is 4.08. The van der Waals surface area contributed by atoms with Crippen molar-refractivity contribution in [2.45, 2.75) is 46.0 Å². The smallest absolute Gasteiger partial charge is 0.270 e. The van der Waals surface area contributed by atoms with E-state index in [4.69, 9.17) is 4.74 Å². The van der Waals surface area contributed by atoms with Crippen LogP contribution < -0.4 is 9.30 Å². The molecule has 0 N–H and O–H groups in total. The lowest BCUT2D eigenvalue weighted by Gasteiger charge is -2.23. The van der Waals surface area contributed by atoms with Gasteiger partial charge in [-0.1, -0.05) is 71.0 Å². The Morgan fingerprint density at radius 2 is 1.66 bits per heavy atom. The summed E-state index contributed by atoms with van der Waals surface area (Å²) in [5.41, 5.74) is 6.97. The molecule has 29 heavy (non-hydrogen) atoms. The van der Waals surface area contributed by atoms with Crippen LogP contribution in [-0.2, 0) is 5.41 Å². The summed E-state index contributed by atoms with van der Waals surface area (Å²) in [6, 6.07) is 21.4. The van der Waals surface area contributed by atoms with E-state index < -0.39 is 0 Å². The largest absolute Gasteiger partial charge is 0.465 e. The number of hydrogen-bond acceptors (Lipinski definition) is 1. The maximum atomic E-state index is 6.40. The maximum Gasteiger partial charge on any atom is 0.270 e. The average molecular weight is 383 g/mol. The first-order chi connectivity index (χ1) is 13.8. The van der Waals surface area contributed by atoms with E-state index in [2.05, 4.69) is 105 Å². The molecule has 0 aliphatic carbocycles. The molecule has 1 aromatic heterocycles. The van der Waals surface area contributed by atoms with Crippen LogP contribution in [0.5, 0.6) is 11.5 Å². The van der Waals surface area contributed by atoms with Crippen LogP contribution in [0.2, 0.25) is 0 Å². The van der Waals surface area contributed by atoms with Gasteiger partial charge in [0, 0.05) is 0 Å². The number of fused-ring (bicyclic) bond motifs is 2. The monoisotopic (exact) mass is 382 g/mol. The van der Waals surface area contributed by atoms with E-state index in [9.17, 15) is 0 Å². The Morgan fingerprint density at radius 1 is 0.931 bits per heavy atom. The topological polar surface area (TPSA) is 18.0 Å². The standard InChI is InChI=1S/C26H26N2O/c1-17(2)20-8-6-10-22-25(20)29-23-11-7-9-21-24(23)28(22)16-27(21)19-14-12-18(13-15-19)26(3,4)5/h6-15,17H,1-5H3. The van der Waals surface area contributed by atoms with Crippen molar-refractivity contribution in [2.24, 2.45) is 0 Å². The van der Waals surface area contributed by atoms with Gasteiger partial charge in [-0.3, -0.25) is 9.13 Å². The van der Waals surface area contributed by atoms with Crippen molar-refractivity contribution in [2.75, 3.05) is 0 Å². The SMILES string of the molecule is CC(C)c1cccc2c1Oc1cccc3c1[n+]-2[c-]n3-c1ccc(C(C)(C)C)cc1. The van der Waals surface area contributed by atoms with Crippen LogP contribution in [0.15, 0.2) is 60.7 Å². The summed E-state index contributed by atoms with van der Waals surface area (Å²) in [7, 11) is 0. The third-order valence-corrected chi connectivity index (χ3v) is 5.73. The Kier molecular flexibility index (Phi) is 3.86. The second-order valence-electron chi connectivity index (χ2n) is 9.14. The van der Waals surface area contributed by atoms with E-state index in [1.807, 2.05) is 6.07 Å². The van der Waals surface area contributed by atoms with Gasteiger partial charge < -0.3 is 4.74 Å². The van der Waals surface area contributed by atoms with E-state index in [1.54, 1.807) is 0 Å². The van der Waals surface area contributed by atoms with Gasteiger partial charge in [0.1, 0.15) is 22.7 Å². The lowest BCUT2D eigenvalue weighted by Crippen LogP contribution is -2.33. The van der Waals surface area contributed by atoms with Gasteiger partial charge >= 0.3 is 0 Å². The second kappa shape index (κ2) is 6.21. The molecule has 0 spiro atoms. The predicted octanol–water partition coefficient (Wildman–Crippen LogP) is 6.23. The van der Waals surface area contributed by atoms with E-state index in [0.29, 0.717) is 5.92 Å². The zero-order valence-corrected chi connectivity index (χ0v) is 17.7. The van der Waals surface area contributed by atoms with Crippen LogP contribution in [0.3, 0.4) is 0 Å². The number of imidazole rings is 1. The molecule has 0 bridgehead atoms. The van der Waals surface area contributed by atoms with Gasteiger partial charge in [-0.05, 0) is 46.7 Å². The van der Waals surface area contributed by atoms with E-state index in [0.717, 1.165) is 33.9 Å². The highest BCUT2D eigenvalue weighted by Gasteiger charge is 2.26. The van der Waals surface area contributed by atoms with Crippen LogP contribution in [-0.4, -0.2) is 4.57 Å². The van der Waals surface area contributed by atoms with Gasteiger partial charge in [0.15, 0.2) is 0 Å². The van der Waals surface area contributed by atoms with Crippen molar-refractivity contribution < 1.29 is 9.30 Å². The molecule has 0 radical (unpaired) electrons. The minimum absolute atomic E-state index is 0.136. The lowest BCUT2D eigenvalue weighted by molar-refractivity contribution is -0.575. The van der Waals surface area contributed by atoms with E-state index in [1.165, 1.54) is 11.1 Å². The summed E-state index contributed by atoms with van der Waals surface area (Å²) in [5.74, 6) is 2.20. The zero-order valence-electron chi connectivity index (χ0n) is 17.7. The zero-order chi connectivity index (χ0) is 20.3. The van der Waals surface area contributed by atoms with E-state index in [-0.39, 0.29) is 5.41 Å². The first kappa shape index (κ1) is 18.0. The molecule has 1 aliphatic rings. The maximum absolute atomic E-state index is 6.40. The summed E-state index contributed by atoms with van der Waals surface area (Å²) >= 11 is 0. The third kappa shape index (κ3) is 2.76. The fourth-order valence-electron chi connectivity index (χ4n) is 4.08. The molecule has 0 amide bonds. The number of aromatic nitrogens is 2.